The van der Waals surface area contributed by atoms with Crippen molar-refractivity contribution in [2.75, 3.05) is 39.0 Å². The fourth-order valence-electron chi connectivity index (χ4n) is 3.71. The van der Waals surface area contributed by atoms with Crippen molar-refractivity contribution >= 4 is 10.0 Å². The molecule has 1 saturated heterocycles. The second-order valence-corrected chi connectivity index (χ2v) is 9.71. The Hall–Kier alpha value is -1.89. The number of nitrogens with zero attached hydrogens (tertiary/aromatic N) is 1. The fourth-order valence-corrected chi connectivity index (χ4v) is 4.85. The van der Waals surface area contributed by atoms with Gasteiger partial charge in [-0.05, 0) is 68.0 Å². The number of likely N-dealkylation sites (tertiary alicyclic amines) is 1. The molecule has 0 atom stereocenters. The Bertz CT molecular complexity index is 830. The van der Waals surface area contributed by atoms with E-state index in [9.17, 15) is 8.42 Å². The quantitative estimate of drug-likeness (QED) is 0.647. The molecule has 0 aromatic heterocycles. The number of nitrogens with one attached hydrogen (secondary N) is 1. The first-order valence-electron chi connectivity index (χ1n) is 10.4. The van der Waals surface area contributed by atoms with E-state index in [1.807, 2.05) is 30.3 Å². The summed E-state index contributed by atoms with van der Waals surface area (Å²) in [7, 11) is -1.63. The van der Waals surface area contributed by atoms with Crippen LogP contribution in [0.2, 0.25) is 0 Å². The summed E-state index contributed by atoms with van der Waals surface area (Å²) in [6.45, 7) is 3.72. The second-order valence-electron chi connectivity index (χ2n) is 7.79. The van der Waals surface area contributed by atoms with Gasteiger partial charge in [-0.25, -0.2) is 13.1 Å². The molecular formula is C23H32N2O3S. The zero-order valence-corrected chi connectivity index (χ0v) is 18.0. The van der Waals surface area contributed by atoms with E-state index in [-0.39, 0.29) is 5.75 Å². The first-order chi connectivity index (χ1) is 14.0. The maximum Gasteiger partial charge on any atom is 0.211 e. The lowest BCUT2D eigenvalue weighted by Crippen LogP contribution is -2.40. The molecule has 2 aromatic carbocycles. The maximum atomic E-state index is 12.3. The van der Waals surface area contributed by atoms with Crippen molar-refractivity contribution in [2.24, 2.45) is 5.92 Å². The third-order valence-corrected chi connectivity index (χ3v) is 7.03. The highest BCUT2D eigenvalue weighted by atomic mass is 32.2. The first-order valence-corrected chi connectivity index (χ1v) is 12.1. The zero-order chi connectivity index (χ0) is 20.5. The van der Waals surface area contributed by atoms with Crippen LogP contribution in [0.1, 0.15) is 24.0 Å². The van der Waals surface area contributed by atoms with E-state index in [0.29, 0.717) is 18.9 Å². The van der Waals surface area contributed by atoms with Gasteiger partial charge < -0.3 is 9.64 Å². The van der Waals surface area contributed by atoms with Crippen LogP contribution in [0.5, 0.6) is 5.75 Å². The predicted molar refractivity (Wildman–Crippen MR) is 118 cm³/mol. The highest BCUT2D eigenvalue weighted by Crippen LogP contribution is 2.17. The lowest BCUT2D eigenvalue weighted by atomic mass is 9.97. The van der Waals surface area contributed by atoms with Crippen LogP contribution in [-0.2, 0) is 22.9 Å². The minimum atomic E-state index is -3.25. The van der Waals surface area contributed by atoms with Crippen molar-refractivity contribution in [3.05, 3.63) is 65.7 Å². The molecule has 0 amide bonds. The van der Waals surface area contributed by atoms with Gasteiger partial charge in [-0.1, -0.05) is 42.5 Å². The Morgan fingerprint density at radius 3 is 2.28 bits per heavy atom. The summed E-state index contributed by atoms with van der Waals surface area (Å²) in [5.74, 6) is 1.33. The summed E-state index contributed by atoms with van der Waals surface area (Å²) >= 11 is 0. The molecule has 0 saturated carbocycles. The summed E-state index contributed by atoms with van der Waals surface area (Å²) in [6.07, 6.45) is 3.69. The number of hydrogen-bond acceptors (Lipinski definition) is 4. The van der Waals surface area contributed by atoms with Crippen LogP contribution in [-0.4, -0.2) is 52.4 Å². The summed E-state index contributed by atoms with van der Waals surface area (Å²) in [4.78, 5) is 2.49. The van der Waals surface area contributed by atoms with Crippen molar-refractivity contribution < 1.29 is 13.2 Å². The normalized spacial score (nSPS) is 16.0. The lowest BCUT2D eigenvalue weighted by molar-refractivity contribution is 0.187. The van der Waals surface area contributed by atoms with E-state index in [4.69, 9.17) is 4.74 Å². The van der Waals surface area contributed by atoms with Gasteiger partial charge in [0.2, 0.25) is 10.0 Å². The number of piperidine rings is 1. The average Bonchev–Trinajstić information content (AvgIpc) is 2.77. The summed E-state index contributed by atoms with van der Waals surface area (Å²) < 4.78 is 32.6. The number of ether oxygens (including phenoxy) is 1. The number of benzene rings is 2. The molecule has 3 rings (SSSR count). The maximum absolute atomic E-state index is 12.3. The van der Waals surface area contributed by atoms with Crippen LogP contribution in [0.3, 0.4) is 0 Å². The Morgan fingerprint density at radius 2 is 1.62 bits per heavy atom. The molecular weight excluding hydrogens is 384 g/mol. The van der Waals surface area contributed by atoms with Crippen LogP contribution in [0, 0.1) is 5.92 Å². The van der Waals surface area contributed by atoms with Gasteiger partial charge in [-0.15, -0.1) is 0 Å². The number of methoxy groups -OCH3 is 1. The Balaban J connectivity index is 1.34. The standard InChI is InChI=1S/C23H32N2O3S/c1-28-23-9-7-21(8-10-23)14-18-29(26,27)24-19-22-12-16-25(17-13-22)15-11-20-5-3-2-4-6-20/h2-10,22,24H,11-19H2,1H3. The molecule has 1 aliphatic rings. The van der Waals surface area contributed by atoms with Gasteiger partial charge in [0.25, 0.3) is 0 Å². The van der Waals surface area contributed by atoms with Crippen molar-refractivity contribution in [2.45, 2.75) is 25.7 Å². The molecule has 1 fully saturated rings. The van der Waals surface area contributed by atoms with E-state index >= 15 is 0 Å². The largest absolute Gasteiger partial charge is 0.497 e. The minimum absolute atomic E-state index is 0.120. The summed E-state index contributed by atoms with van der Waals surface area (Å²) in [6, 6.07) is 18.1. The molecule has 0 aliphatic carbocycles. The topological polar surface area (TPSA) is 58.6 Å². The van der Waals surface area contributed by atoms with Gasteiger partial charge in [0.1, 0.15) is 5.75 Å². The highest BCUT2D eigenvalue weighted by Gasteiger charge is 2.21. The zero-order valence-electron chi connectivity index (χ0n) is 17.2. The van der Waals surface area contributed by atoms with Crippen molar-refractivity contribution in [3.8, 4) is 5.75 Å². The number of hydrogen-bond donors (Lipinski definition) is 1. The monoisotopic (exact) mass is 416 g/mol. The Labute approximate surface area is 175 Å². The highest BCUT2D eigenvalue weighted by molar-refractivity contribution is 7.89. The van der Waals surface area contributed by atoms with Crippen LogP contribution in [0.4, 0.5) is 0 Å². The average molecular weight is 417 g/mol. The van der Waals surface area contributed by atoms with Gasteiger partial charge in [0.05, 0.1) is 12.9 Å². The third-order valence-electron chi connectivity index (χ3n) is 5.68. The number of sulfonamides is 1. The van der Waals surface area contributed by atoms with Crippen LogP contribution in [0.15, 0.2) is 54.6 Å². The molecule has 5 nitrogen and oxygen atoms in total. The first kappa shape index (κ1) is 21.8. The smallest absolute Gasteiger partial charge is 0.211 e. The molecule has 158 valence electrons. The minimum Gasteiger partial charge on any atom is -0.497 e. The molecule has 0 radical (unpaired) electrons. The van der Waals surface area contributed by atoms with E-state index in [2.05, 4.69) is 33.9 Å². The van der Waals surface area contributed by atoms with E-state index < -0.39 is 10.0 Å². The SMILES string of the molecule is COc1ccc(CCS(=O)(=O)NCC2CCN(CCc3ccccc3)CC2)cc1. The number of rotatable bonds is 10. The molecule has 1 N–H and O–H groups in total. The summed E-state index contributed by atoms with van der Waals surface area (Å²) in [5.41, 5.74) is 2.38. The van der Waals surface area contributed by atoms with Gasteiger partial charge in [-0.3, -0.25) is 0 Å². The molecule has 6 heteroatoms. The molecule has 1 heterocycles. The van der Waals surface area contributed by atoms with Crippen molar-refractivity contribution in [1.29, 1.82) is 0 Å². The third kappa shape index (κ3) is 7.46. The Morgan fingerprint density at radius 1 is 0.966 bits per heavy atom. The molecule has 0 spiro atoms. The second kappa shape index (κ2) is 10.8. The van der Waals surface area contributed by atoms with Crippen molar-refractivity contribution in [3.63, 3.8) is 0 Å². The Kier molecular flexibility index (Phi) is 8.09. The van der Waals surface area contributed by atoms with Gasteiger partial charge in [0.15, 0.2) is 0 Å². The summed E-state index contributed by atoms with van der Waals surface area (Å²) in [5, 5.41) is 0. The van der Waals surface area contributed by atoms with Gasteiger partial charge in [0, 0.05) is 13.1 Å². The number of aryl methyl sites for hydroxylation is 1. The van der Waals surface area contributed by atoms with Crippen LogP contribution >= 0.6 is 0 Å². The molecule has 1 aliphatic heterocycles. The molecule has 0 unspecified atom stereocenters. The van der Waals surface area contributed by atoms with E-state index in [1.54, 1.807) is 7.11 Å². The van der Waals surface area contributed by atoms with Crippen LogP contribution in [0.25, 0.3) is 0 Å². The van der Waals surface area contributed by atoms with Crippen molar-refractivity contribution in [1.82, 2.24) is 9.62 Å². The van der Waals surface area contributed by atoms with Gasteiger partial charge >= 0.3 is 0 Å². The van der Waals surface area contributed by atoms with E-state index in [0.717, 1.165) is 50.2 Å². The molecule has 29 heavy (non-hydrogen) atoms. The van der Waals surface area contributed by atoms with Crippen LogP contribution < -0.4 is 9.46 Å². The predicted octanol–water partition coefficient (Wildman–Crippen LogP) is 3.11. The van der Waals surface area contributed by atoms with Gasteiger partial charge in [-0.2, -0.15) is 0 Å². The lowest BCUT2D eigenvalue weighted by Gasteiger charge is -2.32. The molecule has 0 bridgehead atoms. The molecule has 2 aromatic rings. The van der Waals surface area contributed by atoms with E-state index in [1.165, 1.54) is 5.56 Å². The fraction of sp³-hybridized carbons (Fsp3) is 0.478.